The number of para-hydroxylation sites is 4. The minimum absolute atomic E-state index is 0.360. The van der Waals surface area contributed by atoms with Gasteiger partial charge in [-0.3, -0.25) is 0 Å². The fourth-order valence-electron chi connectivity index (χ4n) is 3.68. The number of azo groups is 1. The molecule has 10 nitrogen and oxygen atoms in total. The highest BCUT2D eigenvalue weighted by Crippen LogP contribution is 2.24. The fourth-order valence-corrected chi connectivity index (χ4v) is 3.68. The highest BCUT2D eigenvalue weighted by Gasteiger charge is 2.28. The van der Waals surface area contributed by atoms with E-state index in [-0.39, 0.29) is 0 Å². The van der Waals surface area contributed by atoms with Gasteiger partial charge in [-0.25, -0.2) is 10.0 Å². The summed E-state index contributed by atoms with van der Waals surface area (Å²) in [6.07, 6.45) is 0. The van der Waals surface area contributed by atoms with E-state index in [0.29, 0.717) is 11.9 Å². The van der Waals surface area contributed by atoms with E-state index in [0.717, 1.165) is 22.7 Å². The van der Waals surface area contributed by atoms with Crippen LogP contribution in [-0.4, -0.2) is 11.9 Å². The molecule has 0 aromatic heterocycles. The molecule has 2 aliphatic heterocycles. The van der Waals surface area contributed by atoms with Gasteiger partial charge < -0.3 is 0 Å². The summed E-state index contributed by atoms with van der Waals surface area (Å²) in [4.78, 5) is 0. The van der Waals surface area contributed by atoms with Crippen molar-refractivity contribution in [2.45, 2.75) is 0 Å². The number of hydrazine groups is 4. The summed E-state index contributed by atoms with van der Waals surface area (Å²) in [5.41, 5.74) is 9.98. The first-order chi connectivity index (χ1) is 17.8. The van der Waals surface area contributed by atoms with Crippen molar-refractivity contribution in [1.29, 1.82) is 0 Å². The van der Waals surface area contributed by atoms with E-state index in [2.05, 4.69) is 31.5 Å². The van der Waals surface area contributed by atoms with Crippen molar-refractivity contribution in [3.8, 4) is 0 Å². The lowest BCUT2D eigenvalue weighted by Gasteiger charge is -2.21. The molecule has 0 saturated carbocycles. The molecule has 2 aliphatic rings. The summed E-state index contributed by atoms with van der Waals surface area (Å²) in [7, 11) is 0. The van der Waals surface area contributed by atoms with Crippen molar-refractivity contribution in [3.63, 3.8) is 0 Å². The summed E-state index contributed by atoms with van der Waals surface area (Å²) in [5.74, 6) is 0.720. The number of rotatable bonds is 4. The second-order valence-corrected chi connectivity index (χ2v) is 7.84. The van der Waals surface area contributed by atoms with Crippen LogP contribution in [0.1, 0.15) is 0 Å². The lowest BCUT2D eigenvalue weighted by Crippen LogP contribution is -2.43. The average molecular weight is 475 g/mol. The van der Waals surface area contributed by atoms with Gasteiger partial charge in [-0.05, 0) is 48.5 Å². The Balaban J connectivity index is 1.35. The number of anilines is 4. The standard InChI is InChI=1S/C26H22N10/c1-5-13-21(14-6-1)33-25(29-35(31-33)23-17-9-3-10-18-23)27-28-26-30-36(24-19-11-4-12-20-24)32-34(26)22-15-7-2-8-16-22/h1-20,31-32H/b28-27+. The third-order valence-electron chi connectivity index (χ3n) is 5.43. The van der Waals surface area contributed by atoms with Crippen LogP contribution in [0.3, 0.4) is 0 Å². The molecule has 10 heteroatoms. The van der Waals surface area contributed by atoms with Gasteiger partial charge in [0.15, 0.2) is 0 Å². The Bertz CT molecular complexity index is 1280. The molecule has 6 rings (SSSR count). The molecule has 0 fully saturated rings. The number of hydrogen-bond acceptors (Lipinski definition) is 10. The van der Waals surface area contributed by atoms with Crippen molar-refractivity contribution in [3.05, 3.63) is 121 Å². The first kappa shape index (κ1) is 21.5. The number of benzene rings is 4. The van der Waals surface area contributed by atoms with Gasteiger partial charge >= 0.3 is 0 Å². The van der Waals surface area contributed by atoms with Gasteiger partial charge in [0.05, 0.1) is 22.7 Å². The first-order valence-electron chi connectivity index (χ1n) is 11.4. The molecule has 4 aromatic carbocycles. The normalized spacial score (nSPS) is 15.6. The summed E-state index contributed by atoms with van der Waals surface area (Å²) in [6.45, 7) is 0. The van der Waals surface area contributed by atoms with Crippen LogP contribution in [0.5, 0.6) is 0 Å². The van der Waals surface area contributed by atoms with E-state index in [1.807, 2.05) is 121 Å². The van der Waals surface area contributed by atoms with Gasteiger partial charge in [-0.1, -0.05) is 72.8 Å². The van der Waals surface area contributed by atoms with Crippen molar-refractivity contribution in [1.82, 2.24) is 11.1 Å². The zero-order valence-corrected chi connectivity index (χ0v) is 19.1. The molecule has 4 aromatic rings. The van der Waals surface area contributed by atoms with Crippen molar-refractivity contribution in [2.24, 2.45) is 20.4 Å². The second-order valence-electron chi connectivity index (χ2n) is 7.84. The second kappa shape index (κ2) is 9.66. The van der Waals surface area contributed by atoms with Crippen LogP contribution >= 0.6 is 0 Å². The summed E-state index contributed by atoms with van der Waals surface area (Å²) in [5, 5.41) is 25.1. The van der Waals surface area contributed by atoms with Crippen molar-refractivity contribution in [2.75, 3.05) is 20.3 Å². The minimum atomic E-state index is 0.360. The van der Waals surface area contributed by atoms with Gasteiger partial charge in [0.25, 0.3) is 11.9 Å². The molecule has 36 heavy (non-hydrogen) atoms. The van der Waals surface area contributed by atoms with E-state index in [1.165, 1.54) is 0 Å². The fraction of sp³-hybridized carbons (Fsp3) is 0. The average Bonchev–Trinajstić information content (AvgIpc) is 3.59. The molecular weight excluding hydrogens is 452 g/mol. The van der Waals surface area contributed by atoms with Crippen LogP contribution in [0.4, 0.5) is 22.7 Å². The Morgan fingerprint density at radius 3 is 1.06 bits per heavy atom. The Hall–Kier alpha value is -5.06. The quantitative estimate of drug-likeness (QED) is 0.410. The smallest absolute Gasteiger partial charge is 0.221 e. The largest absolute Gasteiger partial charge is 0.284 e. The molecule has 0 saturated heterocycles. The van der Waals surface area contributed by atoms with Crippen LogP contribution in [0.2, 0.25) is 0 Å². The number of hydrazone groups is 2. The molecule has 0 bridgehead atoms. The molecule has 0 amide bonds. The SMILES string of the molecule is c1ccc(N2N=C(/N=N/C3=NN(c4ccccc4)NN3c3ccccc3)N(c3ccccc3)N2)cc1. The molecule has 0 aliphatic carbocycles. The molecular formula is C26H22N10. The van der Waals surface area contributed by atoms with E-state index in [4.69, 9.17) is 0 Å². The molecule has 176 valence electrons. The van der Waals surface area contributed by atoms with E-state index < -0.39 is 0 Å². The maximum Gasteiger partial charge on any atom is 0.284 e. The maximum absolute atomic E-state index is 4.65. The van der Waals surface area contributed by atoms with E-state index in [1.54, 1.807) is 20.3 Å². The third kappa shape index (κ3) is 4.37. The van der Waals surface area contributed by atoms with E-state index in [9.17, 15) is 0 Å². The van der Waals surface area contributed by atoms with Crippen molar-refractivity contribution >= 4 is 34.7 Å². The Labute approximate surface area is 208 Å². The van der Waals surface area contributed by atoms with Gasteiger partial charge in [0, 0.05) is 0 Å². The summed E-state index contributed by atoms with van der Waals surface area (Å²) < 4.78 is 0. The Morgan fingerprint density at radius 1 is 0.417 bits per heavy atom. The van der Waals surface area contributed by atoms with Gasteiger partial charge in [0.1, 0.15) is 0 Å². The highest BCUT2D eigenvalue weighted by molar-refractivity contribution is 6.02. The predicted octanol–water partition coefficient (Wildman–Crippen LogP) is 4.87. The van der Waals surface area contributed by atoms with Crippen molar-refractivity contribution < 1.29 is 0 Å². The van der Waals surface area contributed by atoms with Gasteiger partial charge in [-0.2, -0.15) is 10.2 Å². The van der Waals surface area contributed by atoms with Crippen LogP contribution < -0.4 is 31.3 Å². The Morgan fingerprint density at radius 2 is 0.722 bits per heavy atom. The van der Waals surface area contributed by atoms with Gasteiger partial charge in [0.2, 0.25) is 0 Å². The third-order valence-corrected chi connectivity index (χ3v) is 5.43. The van der Waals surface area contributed by atoms with Crippen LogP contribution in [0.15, 0.2) is 142 Å². The van der Waals surface area contributed by atoms with Crippen LogP contribution in [-0.2, 0) is 0 Å². The number of hydrogen-bond donors (Lipinski definition) is 2. The molecule has 2 heterocycles. The lowest BCUT2D eigenvalue weighted by atomic mass is 10.3. The Kier molecular flexibility index (Phi) is 5.76. The first-order valence-corrected chi connectivity index (χ1v) is 11.4. The molecule has 0 atom stereocenters. The van der Waals surface area contributed by atoms with Gasteiger partial charge in [-0.15, -0.1) is 31.5 Å². The lowest BCUT2D eigenvalue weighted by molar-refractivity contribution is 0.717. The summed E-state index contributed by atoms with van der Waals surface area (Å²) in [6, 6.07) is 39.2. The predicted molar refractivity (Wildman–Crippen MR) is 142 cm³/mol. The maximum atomic E-state index is 4.65. The monoisotopic (exact) mass is 474 g/mol. The molecule has 2 N–H and O–H groups in total. The van der Waals surface area contributed by atoms with E-state index >= 15 is 0 Å². The molecule has 0 unspecified atom stereocenters. The number of nitrogens with zero attached hydrogens (tertiary/aromatic N) is 8. The zero-order valence-electron chi connectivity index (χ0n) is 19.1. The number of nitrogens with one attached hydrogen (secondary N) is 2. The van der Waals surface area contributed by atoms with Crippen LogP contribution in [0.25, 0.3) is 0 Å². The zero-order chi connectivity index (χ0) is 24.2. The minimum Gasteiger partial charge on any atom is -0.221 e. The topological polar surface area (TPSA) is 86.5 Å². The highest BCUT2D eigenvalue weighted by atomic mass is 15.9. The molecule has 0 radical (unpaired) electrons. The molecule has 0 spiro atoms. The number of guanidine groups is 2. The summed E-state index contributed by atoms with van der Waals surface area (Å²) >= 11 is 0. The van der Waals surface area contributed by atoms with Crippen LogP contribution in [0, 0.1) is 0 Å².